The van der Waals surface area contributed by atoms with Gasteiger partial charge >= 0.3 is 6.09 Å². The van der Waals surface area contributed by atoms with Gasteiger partial charge in [-0.3, -0.25) is 9.75 Å². The molecule has 1 saturated heterocycles. The number of carboxylic acid groups (broad SMARTS) is 1. The van der Waals surface area contributed by atoms with E-state index in [1.165, 1.54) is 0 Å². The van der Waals surface area contributed by atoms with Gasteiger partial charge in [0.1, 0.15) is 5.60 Å². The summed E-state index contributed by atoms with van der Waals surface area (Å²) in [4.78, 5) is 10.9. The van der Waals surface area contributed by atoms with Gasteiger partial charge in [0.15, 0.2) is 5.75 Å². The number of likely N-dealkylation sites (tertiary alicyclic amines) is 1. The molecule has 0 aliphatic carbocycles. The number of hydrogen-bond acceptors (Lipinski definition) is 4. The van der Waals surface area contributed by atoms with Crippen LogP contribution in [-0.4, -0.2) is 44.7 Å². The summed E-state index contributed by atoms with van der Waals surface area (Å²) in [5, 5.41) is 27.6. The number of aromatic nitrogens is 2. The Hall–Kier alpha value is -1.60. The SMILES string of the molecule is O=C(O)[N+]1([O-])CCC2(CCc3[nH]ncc3O2)CC1. The first kappa shape index (κ1) is 11.5. The van der Waals surface area contributed by atoms with Gasteiger partial charge in [0.25, 0.3) is 0 Å². The minimum absolute atomic E-state index is 0.0719. The first-order chi connectivity index (χ1) is 8.53. The molecule has 1 amide bonds. The van der Waals surface area contributed by atoms with E-state index in [0.29, 0.717) is 12.8 Å². The van der Waals surface area contributed by atoms with Crippen molar-refractivity contribution < 1.29 is 19.3 Å². The molecule has 0 unspecified atom stereocenters. The van der Waals surface area contributed by atoms with E-state index in [9.17, 15) is 10.0 Å². The zero-order valence-electron chi connectivity index (χ0n) is 9.89. The van der Waals surface area contributed by atoms with Crippen LogP contribution in [0.3, 0.4) is 0 Å². The monoisotopic (exact) mass is 253 g/mol. The zero-order chi connectivity index (χ0) is 12.8. The third-order valence-corrected chi connectivity index (χ3v) is 4.04. The lowest BCUT2D eigenvalue weighted by molar-refractivity contribution is -0.815. The van der Waals surface area contributed by atoms with Crippen molar-refractivity contribution in [1.29, 1.82) is 0 Å². The second-order valence-electron chi connectivity index (χ2n) is 5.12. The fourth-order valence-electron chi connectivity index (χ4n) is 2.75. The van der Waals surface area contributed by atoms with Crippen LogP contribution in [-0.2, 0) is 6.42 Å². The molecule has 2 aliphatic heterocycles. The Bertz CT molecular complexity index is 476. The van der Waals surface area contributed by atoms with E-state index in [-0.39, 0.29) is 18.7 Å². The molecule has 3 heterocycles. The first-order valence-electron chi connectivity index (χ1n) is 6.06. The van der Waals surface area contributed by atoms with Crippen LogP contribution >= 0.6 is 0 Å². The molecule has 1 fully saturated rings. The fourth-order valence-corrected chi connectivity index (χ4v) is 2.75. The zero-order valence-corrected chi connectivity index (χ0v) is 9.89. The van der Waals surface area contributed by atoms with Crippen molar-refractivity contribution >= 4 is 6.09 Å². The number of H-pyrrole nitrogens is 1. The number of hydrogen-bond donors (Lipinski definition) is 2. The summed E-state index contributed by atoms with van der Waals surface area (Å²) in [6.45, 7) is 0.144. The van der Waals surface area contributed by atoms with Gasteiger partial charge < -0.3 is 15.1 Å². The lowest BCUT2D eigenvalue weighted by Gasteiger charge is -2.48. The highest BCUT2D eigenvalue weighted by Crippen LogP contribution is 2.39. The Labute approximate surface area is 104 Å². The second kappa shape index (κ2) is 3.69. The molecular formula is C11H15N3O4. The lowest BCUT2D eigenvalue weighted by Crippen LogP contribution is -2.58. The predicted molar refractivity (Wildman–Crippen MR) is 60.9 cm³/mol. The Morgan fingerprint density at radius 2 is 2.22 bits per heavy atom. The molecule has 98 valence electrons. The molecule has 18 heavy (non-hydrogen) atoms. The fraction of sp³-hybridized carbons (Fsp3) is 0.636. The van der Waals surface area contributed by atoms with Gasteiger partial charge in [0.2, 0.25) is 0 Å². The van der Waals surface area contributed by atoms with Crippen molar-refractivity contribution in [2.45, 2.75) is 31.3 Å². The van der Waals surface area contributed by atoms with Crippen LogP contribution in [0, 0.1) is 5.21 Å². The molecule has 0 radical (unpaired) electrons. The van der Waals surface area contributed by atoms with E-state index < -0.39 is 10.7 Å². The number of nitrogens with zero attached hydrogens (tertiary/aromatic N) is 2. The summed E-state index contributed by atoms with van der Waals surface area (Å²) in [5.41, 5.74) is 0.602. The Morgan fingerprint density at radius 3 is 2.89 bits per heavy atom. The number of nitrogens with one attached hydrogen (secondary N) is 1. The topological polar surface area (TPSA) is 98.3 Å². The highest BCUT2D eigenvalue weighted by Gasteiger charge is 2.46. The molecule has 7 heteroatoms. The number of quaternary nitrogens is 1. The van der Waals surface area contributed by atoms with Crippen LogP contribution in [0.4, 0.5) is 4.79 Å². The normalized spacial score (nSPS) is 34.9. The van der Waals surface area contributed by atoms with Crippen LogP contribution in [0.2, 0.25) is 0 Å². The van der Waals surface area contributed by atoms with Crippen LogP contribution < -0.4 is 4.74 Å². The number of fused-ring (bicyclic) bond motifs is 1. The standard InChI is InChI=1S/C11H15N3O4/c15-10(16)14(17)5-3-11(4-6-14)2-1-8-9(18-11)7-12-13-8/h7H,1-6H2,(H,12,13)(H,15,16). The van der Waals surface area contributed by atoms with Crippen molar-refractivity contribution in [3.05, 3.63) is 17.1 Å². The number of ether oxygens (including phenoxy) is 1. The number of carbonyl (C=O) groups is 1. The first-order valence-corrected chi connectivity index (χ1v) is 6.06. The van der Waals surface area contributed by atoms with Gasteiger partial charge in [0, 0.05) is 12.8 Å². The van der Waals surface area contributed by atoms with Crippen LogP contribution in [0.25, 0.3) is 0 Å². The predicted octanol–water partition coefficient (Wildman–Crippen LogP) is 1.26. The summed E-state index contributed by atoms with van der Waals surface area (Å²) in [6, 6.07) is 0. The quantitative estimate of drug-likeness (QED) is 0.535. The molecule has 1 aromatic heterocycles. The largest absolute Gasteiger partial charge is 0.622 e. The van der Waals surface area contributed by atoms with Crippen molar-refractivity contribution in [1.82, 2.24) is 10.2 Å². The molecule has 1 aromatic rings. The number of hydroxylamine groups is 3. The van der Waals surface area contributed by atoms with Crippen molar-refractivity contribution in [3.8, 4) is 5.75 Å². The Morgan fingerprint density at radius 1 is 1.50 bits per heavy atom. The van der Waals surface area contributed by atoms with Gasteiger partial charge in [-0.15, -0.1) is 0 Å². The highest BCUT2D eigenvalue weighted by atomic mass is 16.6. The smallest absolute Gasteiger partial charge is 0.513 e. The van der Waals surface area contributed by atoms with Gasteiger partial charge in [0.05, 0.1) is 25.0 Å². The molecule has 3 rings (SSSR count). The molecule has 0 atom stereocenters. The molecule has 0 aromatic carbocycles. The average Bonchev–Trinajstić information content (AvgIpc) is 2.80. The van der Waals surface area contributed by atoms with E-state index in [4.69, 9.17) is 9.84 Å². The molecule has 7 nitrogen and oxygen atoms in total. The van der Waals surface area contributed by atoms with Crippen LogP contribution in [0.1, 0.15) is 25.0 Å². The number of aromatic amines is 1. The molecule has 2 aliphatic rings. The summed E-state index contributed by atoms with van der Waals surface area (Å²) in [5.74, 6) is 0.738. The maximum absolute atomic E-state index is 11.9. The van der Waals surface area contributed by atoms with Gasteiger partial charge in [-0.25, -0.2) is 0 Å². The summed E-state index contributed by atoms with van der Waals surface area (Å²) in [7, 11) is 0. The van der Waals surface area contributed by atoms with Crippen molar-refractivity contribution in [2.24, 2.45) is 0 Å². The molecule has 1 spiro atoms. The van der Waals surface area contributed by atoms with Crippen LogP contribution in [0.5, 0.6) is 5.75 Å². The summed E-state index contributed by atoms with van der Waals surface area (Å²) < 4.78 is 4.79. The van der Waals surface area contributed by atoms with Gasteiger partial charge in [-0.2, -0.15) is 9.89 Å². The van der Waals surface area contributed by atoms with Crippen molar-refractivity contribution in [3.63, 3.8) is 0 Å². The average molecular weight is 253 g/mol. The minimum Gasteiger partial charge on any atom is -0.622 e. The van der Waals surface area contributed by atoms with E-state index in [0.717, 1.165) is 24.3 Å². The molecule has 2 N–H and O–H groups in total. The highest BCUT2D eigenvalue weighted by molar-refractivity contribution is 5.57. The maximum Gasteiger partial charge on any atom is 0.513 e. The number of aryl methyl sites for hydroxylation is 1. The summed E-state index contributed by atoms with van der Waals surface area (Å²) >= 11 is 0. The molecular weight excluding hydrogens is 238 g/mol. The Balaban J connectivity index is 1.75. The summed E-state index contributed by atoms with van der Waals surface area (Å²) in [6.07, 6.45) is 2.94. The minimum atomic E-state index is -1.30. The maximum atomic E-state index is 11.9. The molecule has 0 bridgehead atoms. The van der Waals surface area contributed by atoms with E-state index in [1.54, 1.807) is 6.20 Å². The third-order valence-electron chi connectivity index (χ3n) is 4.04. The van der Waals surface area contributed by atoms with Crippen LogP contribution in [0.15, 0.2) is 6.20 Å². The third kappa shape index (κ3) is 1.67. The van der Waals surface area contributed by atoms with E-state index in [2.05, 4.69) is 10.2 Å². The number of piperidine rings is 1. The van der Waals surface area contributed by atoms with Gasteiger partial charge in [-0.1, -0.05) is 0 Å². The lowest BCUT2D eigenvalue weighted by atomic mass is 9.84. The van der Waals surface area contributed by atoms with Gasteiger partial charge in [-0.05, 0) is 12.8 Å². The second-order valence-corrected chi connectivity index (χ2v) is 5.12. The van der Waals surface area contributed by atoms with E-state index >= 15 is 0 Å². The number of amides is 1. The van der Waals surface area contributed by atoms with Crippen molar-refractivity contribution in [2.75, 3.05) is 13.1 Å². The van der Waals surface area contributed by atoms with E-state index in [1.807, 2.05) is 0 Å². The molecule has 0 saturated carbocycles. The Kier molecular flexibility index (Phi) is 2.36. The number of rotatable bonds is 0.